The van der Waals surface area contributed by atoms with Gasteiger partial charge in [0.2, 0.25) is 5.91 Å². The van der Waals surface area contributed by atoms with Crippen LogP contribution in [0, 0.1) is 5.92 Å². The lowest BCUT2D eigenvalue weighted by molar-refractivity contribution is -0.125. The minimum atomic E-state index is 0.0101. The topological polar surface area (TPSA) is 99.7 Å². The van der Waals surface area contributed by atoms with Gasteiger partial charge in [-0.3, -0.25) is 4.79 Å². The summed E-state index contributed by atoms with van der Waals surface area (Å²) >= 11 is 0. The maximum absolute atomic E-state index is 12.5. The first-order chi connectivity index (χ1) is 12.3. The van der Waals surface area contributed by atoms with E-state index in [1.807, 2.05) is 12.3 Å². The van der Waals surface area contributed by atoms with Crippen LogP contribution in [0.3, 0.4) is 0 Å². The third kappa shape index (κ3) is 2.57. The van der Waals surface area contributed by atoms with E-state index >= 15 is 0 Å². The Bertz CT molecular complexity index is 948. The Labute approximate surface area is 144 Å². The normalized spacial score (nSPS) is 21.0. The highest BCUT2D eigenvalue weighted by atomic mass is 16.2. The number of aromatic nitrogens is 5. The van der Waals surface area contributed by atoms with Gasteiger partial charge in [0, 0.05) is 30.7 Å². The number of aromatic amines is 1. The van der Waals surface area contributed by atoms with E-state index in [0.717, 1.165) is 54.5 Å². The lowest BCUT2D eigenvalue weighted by atomic mass is 9.96. The largest absolute Gasteiger partial charge is 0.355 e. The number of nitrogens with one attached hydrogen (secondary N) is 2. The van der Waals surface area contributed by atoms with Crippen molar-refractivity contribution >= 4 is 33.8 Å². The van der Waals surface area contributed by atoms with E-state index in [1.54, 1.807) is 0 Å². The first kappa shape index (κ1) is 14.6. The third-order valence-corrected chi connectivity index (χ3v) is 5.06. The van der Waals surface area contributed by atoms with Crippen molar-refractivity contribution in [2.75, 3.05) is 18.0 Å². The van der Waals surface area contributed by atoms with Crippen LogP contribution in [0.25, 0.3) is 22.1 Å². The summed E-state index contributed by atoms with van der Waals surface area (Å²) in [7, 11) is 0. The van der Waals surface area contributed by atoms with Crippen LogP contribution in [0.5, 0.6) is 0 Å². The zero-order valence-electron chi connectivity index (χ0n) is 13.8. The second-order valence-corrected chi connectivity index (χ2v) is 6.90. The Hall–Kier alpha value is -2.77. The summed E-state index contributed by atoms with van der Waals surface area (Å²) in [5.41, 5.74) is 1.31. The summed E-state index contributed by atoms with van der Waals surface area (Å²) in [5, 5.41) is 13.4. The average Bonchev–Trinajstić information content (AvgIpc) is 3.33. The average molecular weight is 337 g/mol. The maximum atomic E-state index is 12.5. The van der Waals surface area contributed by atoms with Gasteiger partial charge in [0.15, 0.2) is 11.3 Å². The van der Waals surface area contributed by atoms with Crippen molar-refractivity contribution in [3.63, 3.8) is 0 Å². The summed E-state index contributed by atoms with van der Waals surface area (Å²) in [6.07, 6.45) is 7.50. The van der Waals surface area contributed by atoms with Crippen LogP contribution in [0.4, 0.5) is 5.82 Å². The number of fused-ring (bicyclic) bond motifs is 3. The molecule has 8 heteroatoms. The van der Waals surface area contributed by atoms with Crippen molar-refractivity contribution in [1.82, 2.24) is 30.5 Å². The van der Waals surface area contributed by atoms with E-state index in [4.69, 9.17) is 0 Å². The van der Waals surface area contributed by atoms with Crippen LogP contribution in [0.1, 0.15) is 25.7 Å². The van der Waals surface area contributed by atoms with E-state index in [-0.39, 0.29) is 11.8 Å². The molecule has 1 aliphatic heterocycles. The van der Waals surface area contributed by atoms with Crippen LogP contribution >= 0.6 is 0 Å². The summed E-state index contributed by atoms with van der Waals surface area (Å²) in [5.74, 6) is 1.03. The molecule has 8 nitrogen and oxygen atoms in total. The van der Waals surface area contributed by atoms with Gasteiger partial charge in [-0.15, -0.1) is 10.2 Å². The van der Waals surface area contributed by atoms with Crippen molar-refractivity contribution in [3.8, 4) is 0 Å². The minimum absolute atomic E-state index is 0.0101. The number of nitrogens with zero attached hydrogens (tertiary/aromatic N) is 5. The molecule has 2 aliphatic rings. The summed E-state index contributed by atoms with van der Waals surface area (Å²) in [6, 6.07) is 2.37. The molecule has 1 unspecified atom stereocenters. The number of anilines is 1. The van der Waals surface area contributed by atoms with Gasteiger partial charge in [0.1, 0.15) is 12.1 Å². The predicted octanol–water partition coefficient (Wildman–Crippen LogP) is 1.40. The van der Waals surface area contributed by atoms with Gasteiger partial charge in [-0.2, -0.15) is 0 Å². The van der Waals surface area contributed by atoms with Gasteiger partial charge < -0.3 is 15.2 Å². The zero-order chi connectivity index (χ0) is 16.8. The molecule has 2 N–H and O–H groups in total. The van der Waals surface area contributed by atoms with Crippen LogP contribution in [0.15, 0.2) is 18.6 Å². The first-order valence-electron chi connectivity index (χ1n) is 8.79. The monoisotopic (exact) mass is 337 g/mol. The molecule has 3 aromatic heterocycles. The number of carbonyl (C=O) groups excluding carboxylic acids is 1. The second kappa shape index (κ2) is 5.65. The lowest BCUT2D eigenvalue weighted by Crippen LogP contribution is -2.44. The fraction of sp³-hybridized carbons (Fsp3) is 0.471. The van der Waals surface area contributed by atoms with Crippen molar-refractivity contribution < 1.29 is 4.79 Å². The Balaban J connectivity index is 1.51. The van der Waals surface area contributed by atoms with Crippen LogP contribution in [0.2, 0.25) is 0 Å². The highest BCUT2D eigenvalue weighted by Gasteiger charge is 2.31. The van der Waals surface area contributed by atoms with E-state index < -0.39 is 0 Å². The number of piperidine rings is 1. The molecule has 1 amide bonds. The molecular weight excluding hydrogens is 318 g/mol. The van der Waals surface area contributed by atoms with Crippen LogP contribution in [-0.2, 0) is 4.79 Å². The Kier molecular flexibility index (Phi) is 3.29. The van der Waals surface area contributed by atoms with Gasteiger partial charge in [-0.05, 0) is 31.7 Å². The second-order valence-electron chi connectivity index (χ2n) is 6.90. The number of H-pyrrole nitrogens is 1. The summed E-state index contributed by atoms with van der Waals surface area (Å²) in [4.78, 5) is 26.5. The number of carbonyl (C=O) groups is 1. The molecular formula is C17H19N7O. The first-order valence-corrected chi connectivity index (χ1v) is 8.79. The standard InChI is InChI=1S/C17H19N7O/c25-17(21-11-3-4-11)10-2-1-7-24(8-10)16-13-12-5-6-18-14(12)22-23-15(13)19-9-20-16/h5-6,9-11H,1-4,7-8H2,(H,18,22)(H,21,25). The van der Waals surface area contributed by atoms with Crippen LogP contribution in [-0.4, -0.2) is 50.2 Å². The molecule has 0 radical (unpaired) electrons. The van der Waals surface area contributed by atoms with E-state index in [0.29, 0.717) is 18.2 Å². The molecule has 1 saturated heterocycles. The smallest absolute Gasteiger partial charge is 0.225 e. The molecule has 0 bridgehead atoms. The van der Waals surface area contributed by atoms with E-state index in [1.165, 1.54) is 6.33 Å². The molecule has 5 rings (SSSR count). The maximum Gasteiger partial charge on any atom is 0.225 e. The molecule has 3 aromatic rings. The van der Waals surface area contributed by atoms with Gasteiger partial charge >= 0.3 is 0 Å². The Morgan fingerprint density at radius 3 is 3.04 bits per heavy atom. The number of hydrogen-bond donors (Lipinski definition) is 2. The Morgan fingerprint density at radius 1 is 1.24 bits per heavy atom. The molecule has 1 aliphatic carbocycles. The van der Waals surface area contributed by atoms with Crippen LogP contribution < -0.4 is 10.2 Å². The molecule has 128 valence electrons. The number of hydrogen-bond acceptors (Lipinski definition) is 6. The van der Waals surface area contributed by atoms with E-state index in [2.05, 4.69) is 35.4 Å². The SMILES string of the molecule is O=C(NC1CC1)C1CCCN(c2ncnc3nnc4[nH]ccc4c23)C1. The molecule has 1 atom stereocenters. The highest BCUT2D eigenvalue weighted by molar-refractivity contribution is 6.07. The molecule has 1 saturated carbocycles. The fourth-order valence-electron chi connectivity index (χ4n) is 3.60. The quantitative estimate of drug-likeness (QED) is 0.749. The van der Waals surface area contributed by atoms with Crippen molar-refractivity contribution in [2.45, 2.75) is 31.7 Å². The Morgan fingerprint density at radius 2 is 2.16 bits per heavy atom. The molecule has 25 heavy (non-hydrogen) atoms. The highest BCUT2D eigenvalue weighted by Crippen LogP contribution is 2.31. The third-order valence-electron chi connectivity index (χ3n) is 5.06. The van der Waals surface area contributed by atoms with Gasteiger partial charge in [-0.25, -0.2) is 9.97 Å². The van der Waals surface area contributed by atoms with E-state index in [9.17, 15) is 4.79 Å². The number of rotatable bonds is 3. The summed E-state index contributed by atoms with van der Waals surface area (Å²) in [6.45, 7) is 1.56. The van der Waals surface area contributed by atoms with Gasteiger partial charge in [0.05, 0.1) is 11.3 Å². The zero-order valence-corrected chi connectivity index (χ0v) is 13.8. The van der Waals surface area contributed by atoms with Crippen molar-refractivity contribution in [3.05, 3.63) is 18.6 Å². The molecule has 4 heterocycles. The molecule has 2 fully saturated rings. The minimum Gasteiger partial charge on any atom is -0.355 e. The molecule has 0 aromatic carbocycles. The van der Waals surface area contributed by atoms with Crippen molar-refractivity contribution in [2.24, 2.45) is 5.92 Å². The molecule has 0 spiro atoms. The fourth-order valence-corrected chi connectivity index (χ4v) is 3.60. The lowest BCUT2D eigenvalue weighted by Gasteiger charge is -2.33. The van der Waals surface area contributed by atoms with Gasteiger partial charge in [0.25, 0.3) is 0 Å². The number of amides is 1. The van der Waals surface area contributed by atoms with Crippen molar-refractivity contribution in [1.29, 1.82) is 0 Å². The predicted molar refractivity (Wildman–Crippen MR) is 93.1 cm³/mol. The van der Waals surface area contributed by atoms with Gasteiger partial charge in [-0.1, -0.05) is 0 Å². The summed E-state index contributed by atoms with van der Waals surface area (Å²) < 4.78 is 0.